The van der Waals surface area contributed by atoms with Crippen molar-refractivity contribution < 1.29 is 0 Å². The Labute approximate surface area is 116 Å². The summed E-state index contributed by atoms with van der Waals surface area (Å²) in [6.45, 7) is 4.36. The van der Waals surface area contributed by atoms with E-state index in [-0.39, 0.29) is 0 Å². The molecule has 4 rings (SSSR count). The first kappa shape index (κ1) is 11.0. The van der Waals surface area contributed by atoms with Gasteiger partial charge >= 0.3 is 0 Å². The number of benzene rings is 2. The van der Waals surface area contributed by atoms with Gasteiger partial charge in [0, 0.05) is 9.79 Å². The Balaban J connectivity index is 1.82. The standard InChI is InChI=1S/C16H14S2/c1-9-3-5-11-13(7-9)17-16-12-6-4-10(2)8-14(12)18-15(11)16/h3-8,15-16H,1-2H3. The van der Waals surface area contributed by atoms with E-state index in [0.717, 1.165) is 0 Å². The molecule has 0 bridgehead atoms. The molecular formula is C16H14S2. The second kappa shape index (κ2) is 3.82. The van der Waals surface area contributed by atoms with Gasteiger partial charge in [0.15, 0.2) is 0 Å². The molecule has 2 unspecified atom stereocenters. The van der Waals surface area contributed by atoms with Crippen LogP contribution in [0.2, 0.25) is 0 Å². The molecule has 0 saturated carbocycles. The molecule has 2 aliphatic heterocycles. The van der Waals surface area contributed by atoms with Crippen molar-refractivity contribution >= 4 is 23.5 Å². The van der Waals surface area contributed by atoms with Crippen LogP contribution in [0, 0.1) is 13.8 Å². The summed E-state index contributed by atoms with van der Waals surface area (Å²) in [7, 11) is 0. The second-order valence-electron chi connectivity index (χ2n) is 5.16. The fourth-order valence-electron chi connectivity index (χ4n) is 2.81. The Morgan fingerprint density at radius 2 is 1.17 bits per heavy atom. The number of fused-ring (bicyclic) bond motifs is 5. The van der Waals surface area contributed by atoms with Gasteiger partial charge in [0.2, 0.25) is 0 Å². The Hall–Kier alpha value is -0.860. The molecule has 90 valence electrons. The normalized spacial score (nSPS) is 23.7. The van der Waals surface area contributed by atoms with Gasteiger partial charge in [-0.2, -0.15) is 0 Å². The third kappa shape index (κ3) is 1.49. The summed E-state index contributed by atoms with van der Waals surface area (Å²) in [6, 6.07) is 13.8. The maximum absolute atomic E-state index is 2.34. The van der Waals surface area contributed by atoms with Gasteiger partial charge in [-0.3, -0.25) is 0 Å². The molecular weight excluding hydrogens is 256 g/mol. The molecule has 0 aliphatic carbocycles. The van der Waals surface area contributed by atoms with Gasteiger partial charge in [-0.25, -0.2) is 0 Å². The van der Waals surface area contributed by atoms with Crippen molar-refractivity contribution in [2.45, 2.75) is 34.1 Å². The molecule has 0 aromatic heterocycles. The van der Waals surface area contributed by atoms with Crippen molar-refractivity contribution in [3.63, 3.8) is 0 Å². The van der Waals surface area contributed by atoms with Gasteiger partial charge in [-0.15, -0.1) is 23.5 Å². The van der Waals surface area contributed by atoms with Crippen LogP contribution in [-0.4, -0.2) is 0 Å². The molecule has 0 nitrogen and oxygen atoms in total. The highest BCUT2D eigenvalue weighted by Crippen LogP contribution is 2.66. The summed E-state index contributed by atoms with van der Waals surface area (Å²) >= 11 is 4.10. The van der Waals surface area contributed by atoms with Crippen molar-refractivity contribution in [1.29, 1.82) is 0 Å². The highest BCUT2D eigenvalue weighted by Gasteiger charge is 2.41. The molecule has 2 heteroatoms. The van der Waals surface area contributed by atoms with Gasteiger partial charge in [-0.05, 0) is 48.2 Å². The summed E-state index contributed by atoms with van der Waals surface area (Å²) < 4.78 is 0. The van der Waals surface area contributed by atoms with Crippen LogP contribution < -0.4 is 0 Å². The molecule has 0 radical (unpaired) electrons. The lowest BCUT2D eigenvalue weighted by atomic mass is 10.0. The fourth-order valence-corrected chi connectivity index (χ4v) is 6.21. The van der Waals surface area contributed by atoms with Gasteiger partial charge in [0.25, 0.3) is 0 Å². The van der Waals surface area contributed by atoms with Crippen molar-refractivity contribution in [1.82, 2.24) is 0 Å². The average molecular weight is 270 g/mol. The summed E-state index contributed by atoms with van der Waals surface area (Å²) in [6.07, 6.45) is 0. The van der Waals surface area contributed by atoms with Crippen LogP contribution in [0.3, 0.4) is 0 Å². The lowest BCUT2D eigenvalue weighted by Crippen LogP contribution is -1.91. The number of aryl methyl sites for hydroxylation is 2. The van der Waals surface area contributed by atoms with Crippen molar-refractivity contribution in [3.05, 3.63) is 58.7 Å². The maximum atomic E-state index is 2.34. The van der Waals surface area contributed by atoms with Crippen molar-refractivity contribution in [2.75, 3.05) is 0 Å². The Kier molecular flexibility index (Phi) is 2.33. The summed E-state index contributed by atoms with van der Waals surface area (Å²) in [5.74, 6) is 0. The van der Waals surface area contributed by atoms with Crippen LogP contribution in [-0.2, 0) is 0 Å². The second-order valence-corrected chi connectivity index (χ2v) is 7.53. The molecule has 0 N–H and O–H groups in total. The monoisotopic (exact) mass is 270 g/mol. The number of thioether (sulfide) groups is 2. The largest absolute Gasteiger partial charge is 0.116 e. The summed E-state index contributed by atoms with van der Waals surface area (Å²) in [5, 5.41) is 1.25. The Bertz CT molecular complexity index is 588. The Morgan fingerprint density at radius 1 is 0.722 bits per heavy atom. The maximum Gasteiger partial charge on any atom is 0.0519 e. The van der Waals surface area contributed by atoms with Gasteiger partial charge < -0.3 is 0 Å². The third-order valence-corrected chi connectivity index (χ3v) is 6.68. The van der Waals surface area contributed by atoms with Crippen LogP contribution in [0.15, 0.2) is 46.2 Å². The zero-order valence-corrected chi connectivity index (χ0v) is 12.1. The third-order valence-electron chi connectivity index (χ3n) is 3.73. The molecule has 18 heavy (non-hydrogen) atoms. The lowest BCUT2D eigenvalue weighted by molar-refractivity contribution is 0.937. The minimum absolute atomic E-state index is 0.627. The van der Waals surface area contributed by atoms with E-state index in [2.05, 4.69) is 50.2 Å². The van der Waals surface area contributed by atoms with Crippen LogP contribution in [0.5, 0.6) is 0 Å². The molecule has 2 atom stereocenters. The van der Waals surface area contributed by atoms with Crippen LogP contribution >= 0.6 is 23.5 Å². The minimum Gasteiger partial charge on any atom is -0.116 e. The van der Waals surface area contributed by atoms with E-state index in [9.17, 15) is 0 Å². The minimum atomic E-state index is 0.627. The van der Waals surface area contributed by atoms with E-state index in [1.807, 2.05) is 23.5 Å². The molecule has 0 spiro atoms. The first-order valence-electron chi connectivity index (χ1n) is 6.27. The van der Waals surface area contributed by atoms with Crippen molar-refractivity contribution in [2.24, 2.45) is 0 Å². The smallest absolute Gasteiger partial charge is 0.0519 e. The first-order chi connectivity index (χ1) is 8.72. The zero-order chi connectivity index (χ0) is 12.3. The number of rotatable bonds is 0. The lowest BCUT2D eigenvalue weighted by Gasteiger charge is -2.07. The molecule has 2 aromatic rings. The SMILES string of the molecule is Cc1ccc2c(c1)SC1c3ccc(C)cc3SC21. The molecule has 2 aromatic carbocycles. The summed E-state index contributed by atoms with van der Waals surface area (Å²) in [5.41, 5.74) is 5.81. The quantitative estimate of drug-likeness (QED) is 0.637. The average Bonchev–Trinajstić information content (AvgIpc) is 2.83. The first-order valence-corrected chi connectivity index (χ1v) is 8.03. The van der Waals surface area contributed by atoms with E-state index in [0.29, 0.717) is 10.5 Å². The van der Waals surface area contributed by atoms with Crippen LogP contribution in [0.1, 0.15) is 32.8 Å². The topological polar surface area (TPSA) is 0 Å². The van der Waals surface area contributed by atoms with Crippen LogP contribution in [0.4, 0.5) is 0 Å². The predicted molar refractivity (Wildman–Crippen MR) is 79.6 cm³/mol. The predicted octanol–water partition coefficient (Wildman–Crippen LogP) is 5.30. The Morgan fingerprint density at radius 3 is 1.61 bits per heavy atom. The number of hydrogen-bond acceptors (Lipinski definition) is 2. The molecule has 2 aliphatic rings. The summed E-state index contributed by atoms with van der Waals surface area (Å²) in [4.78, 5) is 2.98. The highest BCUT2D eigenvalue weighted by molar-refractivity contribution is 8.05. The molecule has 0 amide bonds. The van der Waals surface area contributed by atoms with E-state index in [4.69, 9.17) is 0 Å². The van der Waals surface area contributed by atoms with Crippen LogP contribution in [0.25, 0.3) is 0 Å². The van der Waals surface area contributed by atoms with E-state index in [1.165, 1.54) is 32.0 Å². The van der Waals surface area contributed by atoms with E-state index in [1.54, 1.807) is 0 Å². The zero-order valence-electron chi connectivity index (χ0n) is 10.4. The van der Waals surface area contributed by atoms with Gasteiger partial charge in [0.1, 0.15) is 0 Å². The number of hydrogen-bond donors (Lipinski definition) is 0. The highest BCUT2D eigenvalue weighted by atomic mass is 32.2. The van der Waals surface area contributed by atoms with Crippen molar-refractivity contribution in [3.8, 4) is 0 Å². The molecule has 0 saturated heterocycles. The van der Waals surface area contributed by atoms with E-state index >= 15 is 0 Å². The van der Waals surface area contributed by atoms with E-state index < -0.39 is 0 Å². The molecule has 0 fully saturated rings. The van der Waals surface area contributed by atoms with Gasteiger partial charge in [0.05, 0.1) is 10.5 Å². The fraction of sp³-hybridized carbons (Fsp3) is 0.250. The molecule has 2 heterocycles. The van der Waals surface area contributed by atoms with Gasteiger partial charge in [-0.1, -0.05) is 24.3 Å².